The molecule has 1 atom stereocenters. The van der Waals surface area contributed by atoms with Crippen molar-refractivity contribution < 1.29 is 19.4 Å². The van der Waals surface area contributed by atoms with Crippen molar-refractivity contribution in [2.24, 2.45) is 5.73 Å². The molecule has 0 spiro atoms. The van der Waals surface area contributed by atoms with Crippen LogP contribution in [0.1, 0.15) is 24.9 Å². The van der Waals surface area contributed by atoms with Crippen LogP contribution in [0, 0.1) is 0 Å². The van der Waals surface area contributed by atoms with Gasteiger partial charge in [-0.05, 0) is 24.6 Å². The molecule has 0 saturated carbocycles. The molecular formula is C12H18ClNO4. The summed E-state index contributed by atoms with van der Waals surface area (Å²) >= 11 is 0. The first-order chi connectivity index (χ1) is 8.08. The van der Waals surface area contributed by atoms with Gasteiger partial charge in [0, 0.05) is 6.04 Å². The SMILES string of the molecule is CCOC(=O)C[C@@H](N)c1ccc(OC)c(O)c1.Cl. The fourth-order valence-corrected chi connectivity index (χ4v) is 1.45. The third kappa shape index (κ3) is 4.43. The maximum Gasteiger partial charge on any atom is 0.307 e. The number of nitrogens with two attached hydrogens (primary N) is 1. The summed E-state index contributed by atoms with van der Waals surface area (Å²) in [6.07, 6.45) is 0.0829. The van der Waals surface area contributed by atoms with Gasteiger partial charge in [-0.3, -0.25) is 4.79 Å². The quantitative estimate of drug-likeness (QED) is 0.801. The van der Waals surface area contributed by atoms with E-state index in [4.69, 9.17) is 15.2 Å². The predicted octanol–water partition coefficient (Wildman–Crippen LogP) is 1.78. The smallest absolute Gasteiger partial charge is 0.307 e. The van der Waals surface area contributed by atoms with Crippen molar-refractivity contribution in [2.75, 3.05) is 13.7 Å². The molecule has 0 saturated heterocycles. The van der Waals surface area contributed by atoms with Crippen molar-refractivity contribution in [1.82, 2.24) is 0 Å². The largest absolute Gasteiger partial charge is 0.504 e. The molecule has 0 aliphatic rings. The topological polar surface area (TPSA) is 81.8 Å². The Morgan fingerprint density at radius 1 is 1.50 bits per heavy atom. The van der Waals surface area contributed by atoms with Gasteiger partial charge in [0.25, 0.3) is 0 Å². The lowest BCUT2D eigenvalue weighted by atomic mass is 10.0. The number of carbonyl (C=O) groups is 1. The van der Waals surface area contributed by atoms with Gasteiger partial charge in [-0.1, -0.05) is 6.07 Å². The second kappa shape index (κ2) is 7.79. The Bertz CT molecular complexity index is 398. The Balaban J connectivity index is 0.00000289. The lowest BCUT2D eigenvalue weighted by Gasteiger charge is -2.12. The fraction of sp³-hybridized carbons (Fsp3) is 0.417. The first-order valence-electron chi connectivity index (χ1n) is 5.36. The highest BCUT2D eigenvalue weighted by Crippen LogP contribution is 2.29. The van der Waals surface area contributed by atoms with Crippen LogP contribution in [-0.2, 0) is 9.53 Å². The van der Waals surface area contributed by atoms with Gasteiger partial charge in [0.05, 0.1) is 20.1 Å². The Morgan fingerprint density at radius 2 is 2.17 bits per heavy atom. The number of halogens is 1. The number of phenols is 1. The molecule has 1 aromatic rings. The molecule has 0 aromatic heterocycles. The van der Waals surface area contributed by atoms with E-state index in [0.29, 0.717) is 17.9 Å². The van der Waals surface area contributed by atoms with Crippen LogP contribution in [0.25, 0.3) is 0 Å². The Hall–Kier alpha value is -1.46. The van der Waals surface area contributed by atoms with Gasteiger partial charge in [-0.15, -0.1) is 12.4 Å². The average Bonchev–Trinajstić information content (AvgIpc) is 2.29. The third-order valence-electron chi connectivity index (χ3n) is 2.32. The van der Waals surface area contributed by atoms with Crippen LogP contribution in [0.2, 0.25) is 0 Å². The van der Waals surface area contributed by atoms with E-state index in [2.05, 4.69) is 0 Å². The van der Waals surface area contributed by atoms with Crippen LogP contribution < -0.4 is 10.5 Å². The van der Waals surface area contributed by atoms with E-state index >= 15 is 0 Å². The van der Waals surface area contributed by atoms with E-state index in [9.17, 15) is 9.90 Å². The minimum Gasteiger partial charge on any atom is -0.504 e. The highest BCUT2D eigenvalue weighted by Gasteiger charge is 2.14. The Kier molecular flexibility index (Phi) is 7.16. The summed E-state index contributed by atoms with van der Waals surface area (Å²) in [5.74, 6) is 0.0247. The van der Waals surface area contributed by atoms with Crippen LogP contribution in [0.3, 0.4) is 0 Å². The van der Waals surface area contributed by atoms with E-state index in [1.54, 1.807) is 19.1 Å². The van der Waals surface area contributed by atoms with Crippen LogP contribution in [0.4, 0.5) is 0 Å². The molecule has 5 nitrogen and oxygen atoms in total. The zero-order valence-corrected chi connectivity index (χ0v) is 11.2. The van der Waals surface area contributed by atoms with E-state index in [0.717, 1.165) is 0 Å². The monoisotopic (exact) mass is 275 g/mol. The summed E-state index contributed by atoms with van der Waals surface area (Å²) in [6.45, 7) is 2.07. The Morgan fingerprint density at radius 3 is 2.67 bits per heavy atom. The predicted molar refractivity (Wildman–Crippen MR) is 70.1 cm³/mol. The summed E-state index contributed by atoms with van der Waals surface area (Å²) in [5, 5.41) is 9.58. The fourth-order valence-electron chi connectivity index (χ4n) is 1.45. The summed E-state index contributed by atoms with van der Waals surface area (Å²) < 4.78 is 9.72. The highest BCUT2D eigenvalue weighted by molar-refractivity contribution is 5.85. The molecule has 0 unspecified atom stereocenters. The molecular weight excluding hydrogens is 258 g/mol. The van der Waals surface area contributed by atoms with Gasteiger partial charge < -0.3 is 20.3 Å². The van der Waals surface area contributed by atoms with Gasteiger partial charge in [-0.2, -0.15) is 0 Å². The van der Waals surface area contributed by atoms with Crippen molar-refractivity contribution in [3.05, 3.63) is 23.8 Å². The molecule has 0 radical (unpaired) electrons. The molecule has 0 aliphatic heterocycles. The second-order valence-corrected chi connectivity index (χ2v) is 3.55. The normalized spacial score (nSPS) is 11.3. The van der Waals surface area contributed by atoms with E-state index in [1.807, 2.05) is 0 Å². The third-order valence-corrected chi connectivity index (χ3v) is 2.32. The zero-order valence-electron chi connectivity index (χ0n) is 10.4. The van der Waals surface area contributed by atoms with Crippen LogP contribution >= 0.6 is 12.4 Å². The summed E-state index contributed by atoms with van der Waals surface area (Å²) in [4.78, 5) is 11.2. The minimum atomic E-state index is -0.495. The number of phenolic OH excluding ortho intramolecular Hbond substituents is 1. The summed E-state index contributed by atoms with van der Waals surface area (Å²) in [7, 11) is 1.47. The number of hydrogen-bond acceptors (Lipinski definition) is 5. The number of aromatic hydroxyl groups is 1. The maximum atomic E-state index is 11.2. The van der Waals surface area contributed by atoms with Crippen molar-refractivity contribution in [1.29, 1.82) is 0 Å². The van der Waals surface area contributed by atoms with E-state index < -0.39 is 6.04 Å². The van der Waals surface area contributed by atoms with Gasteiger partial charge in [0.1, 0.15) is 0 Å². The number of ether oxygens (including phenoxy) is 2. The number of carbonyl (C=O) groups excluding carboxylic acids is 1. The molecule has 0 bridgehead atoms. The van der Waals surface area contributed by atoms with Crippen molar-refractivity contribution in [2.45, 2.75) is 19.4 Å². The zero-order chi connectivity index (χ0) is 12.8. The maximum absolute atomic E-state index is 11.2. The van der Waals surface area contributed by atoms with Crippen LogP contribution in [0.5, 0.6) is 11.5 Å². The molecule has 1 rings (SSSR count). The first kappa shape index (κ1) is 16.5. The molecule has 0 fully saturated rings. The number of hydrogen-bond donors (Lipinski definition) is 2. The summed E-state index contributed by atoms with van der Waals surface area (Å²) in [5.41, 5.74) is 6.50. The molecule has 0 aliphatic carbocycles. The lowest BCUT2D eigenvalue weighted by molar-refractivity contribution is -0.143. The molecule has 0 heterocycles. The standard InChI is InChI=1S/C12H17NO4.ClH/c1-3-17-12(15)7-9(13)8-4-5-11(16-2)10(14)6-8;/h4-6,9,14H,3,7,13H2,1-2H3;1H/t9-;/m1./s1. The average molecular weight is 276 g/mol. The van der Waals surface area contributed by atoms with Gasteiger partial charge in [0.2, 0.25) is 0 Å². The molecule has 102 valence electrons. The van der Waals surface area contributed by atoms with Gasteiger partial charge in [0.15, 0.2) is 11.5 Å². The van der Waals surface area contributed by atoms with Gasteiger partial charge >= 0.3 is 5.97 Å². The number of esters is 1. The molecule has 0 amide bonds. The number of benzene rings is 1. The van der Waals surface area contributed by atoms with Crippen molar-refractivity contribution in [3.8, 4) is 11.5 Å². The van der Waals surface area contributed by atoms with E-state index in [1.165, 1.54) is 13.2 Å². The molecule has 18 heavy (non-hydrogen) atoms. The minimum absolute atomic E-state index is 0. The van der Waals surface area contributed by atoms with Crippen molar-refractivity contribution >= 4 is 18.4 Å². The molecule has 1 aromatic carbocycles. The molecule has 3 N–H and O–H groups in total. The van der Waals surface area contributed by atoms with Crippen LogP contribution in [-0.4, -0.2) is 24.8 Å². The van der Waals surface area contributed by atoms with Crippen LogP contribution in [0.15, 0.2) is 18.2 Å². The first-order valence-corrected chi connectivity index (χ1v) is 5.36. The molecule has 6 heteroatoms. The second-order valence-electron chi connectivity index (χ2n) is 3.55. The van der Waals surface area contributed by atoms with E-state index in [-0.39, 0.29) is 30.5 Å². The van der Waals surface area contributed by atoms with Crippen molar-refractivity contribution in [3.63, 3.8) is 0 Å². The summed E-state index contributed by atoms with van der Waals surface area (Å²) in [6, 6.07) is 4.31. The highest BCUT2D eigenvalue weighted by atomic mass is 35.5. The number of methoxy groups -OCH3 is 1. The number of rotatable bonds is 5. The Labute approximate surface area is 112 Å². The lowest BCUT2D eigenvalue weighted by Crippen LogP contribution is -2.17. The van der Waals surface area contributed by atoms with Gasteiger partial charge in [-0.25, -0.2) is 0 Å².